The zero-order chi connectivity index (χ0) is 19.3. The minimum atomic E-state index is -0.123. The highest BCUT2D eigenvalue weighted by molar-refractivity contribution is 5.93. The van der Waals surface area contributed by atoms with E-state index in [0.29, 0.717) is 18.2 Å². The fourth-order valence-electron chi connectivity index (χ4n) is 3.87. The van der Waals surface area contributed by atoms with Crippen molar-refractivity contribution in [3.63, 3.8) is 0 Å². The average molecular weight is 375 g/mol. The highest BCUT2D eigenvalue weighted by atomic mass is 16.1. The summed E-state index contributed by atoms with van der Waals surface area (Å²) in [6.45, 7) is 5.80. The highest BCUT2D eigenvalue weighted by Gasteiger charge is 2.24. The molecular formula is C22H25N5O. The van der Waals surface area contributed by atoms with Crippen LogP contribution >= 0.6 is 0 Å². The Balaban J connectivity index is 1.26. The summed E-state index contributed by atoms with van der Waals surface area (Å²) in [6.07, 6.45) is 4.60. The number of hydrogen-bond donors (Lipinski definition) is 2. The quantitative estimate of drug-likeness (QED) is 0.695. The van der Waals surface area contributed by atoms with Crippen molar-refractivity contribution >= 4 is 5.91 Å². The lowest BCUT2D eigenvalue weighted by Crippen LogP contribution is -2.34. The summed E-state index contributed by atoms with van der Waals surface area (Å²) in [6, 6.07) is 14.2. The van der Waals surface area contributed by atoms with Crippen LogP contribution in [0.2, 0.25) is 0 Å². The van der Waals surface area contributed by atoms with Crippen LogP contribution in [0.25, 0.3) is 11.3 Å². The molecule has 1 saturated heterocycles. The van der Waals surface area contributed by atoms with Gasteiger partial charge in [0.05, 0.1) is 5.69 Å². The van der Waals surface area contributed by atoms with Crippen molar-refractivity contribution in [3.05, 3.63) is 71.7 Å². The number of H-pyrrole nitrogens is 1. The van der Waals surface area contributed by atoms with Crippen molar-refractivity contribution in [1.82, 2.24) is 25.4 Å². The lowest BCUT2D eigenvalue weighted by molar-refractivity contribution is 0.0944. The van der Waals surface area contributed by atoms with Gasteiger partial charge in [-0.25, -0.2) is 0 Å². The van der Waals surface area contributed by atoms with Gasteiger partial charge in [-0.1, -0.05) is 24.3 Å². The third-order valence-corrected chi connectivity index (χ3v) is 5.41. The third kappa shape index (κ3) is 4.12. The highest BCUT2D eigenvalue weighted by Crippen LogP contribution is 2.28. The lowest BCUT2D eigenvalue weighted by atomic mass is 9.94. The van der Waals surface area contributed by atoms with E-state index < -0.39 is 0 Å². The number of hydrogen-bond acceptors (Lipinski definition) is 4. The van der Waals surface area contributed by atoms with Gasteiger partial charge < -0.3 is 10.2 Å². The minimum absolute atomic E-state index is 0.123. The van der Waals surface area contributed by atoms with Gasteiger partial charge in [-0.3, -0.25) is 14.9 Å². The molecule has 2 aromatic heterocycles. The second kappa shape index (κ2) is 8.35. The molecule has 1 amide bonds. The van der Waals surface area contributed by atoms with Crippen LogP contribution in [0.5, 0.6) is 0 Å². The zero-order valence-electron chi connectivity index (χ0n) is 16.1. The summed E-state index contributed by atoms with van der Waals surface area (Å²) < 4.78 is 0. The predicted octanol–water partition coefficient (Wildman–Crippen LogP) is 3.00. The molecule has 6 nitrogen and oxygen atoms in total. The number of pyridine rings is 1. The molecule has 6 heteroatoms. The maximum Gasteiger partial charge on any atom is 0.269 e. The largest absolute Gasteiger partial charge is 0.349 e. The molecule has 0 bridgehead atoms. The summed E-state index contributed by atoms with van der Waals surface area (Å²) in [5.74, 6) is 0.467. The van der Waals surface area contributed by atoms with Crippen LogP contribution in [0.3, 0.4) is 0 Å². The van der Waals surface area contributed by atoms with E-state index in [-0.39, 0.29) is 5.91 Å². The van der Waals surface area contributed by atoms with Crippen molar-refractivity contribution < 1.29 is 4.79 Å². The molecule has 4 rings (SSSR count). The number of amides is 1. The Morgan fingerprint density at radius 1 is 1.25 bits per heavy atom. The smallest absolute Gasteiger partial charge is 0.269 e. The number of benzene rings is 1. The van der Waals surface area contributed by atoms with E-state index in [4.69, 9.17) is 0 Å². The molecule has 3 heterocycles. The monoisotopic (exact) mass is 375 g/mol. The van der Waals surface area contributed by atoms with Crippen molar-refractivity contribution in [1.29, 1.82) is 0 Å². The van der Waals surface area contributed by atoms with Crippen molar-refractivity contribution in [3.8, 4) is 11.3 Å². The normalized spacial score (nSPS) is 17.0. The van der Waals surface area contributed by atoms with E-state index in [1.807, 2.05) is 12.1 Å². The molecule has 28 heavy (non-hydrogen) atoms. The molecule has 144 valence electrons. The predicted molar refractivity (Wildman–Crippen MR) is 109 cm³/mol. The Labute approximate surface area is 165 Å². The van der Waals surface area contributed by atoms with Gasteiger partial charge in [-0.2, -0.15) is 5.10 Å². The Morgan fingerprint density at radius 2 is 2.07 bits per heavy atom. The molecule has 0 aliphatic carbocycles. The number of aromatic nitrogens is 3. The number of nitrogens with zero attached hydrogens (tertiary/aromatic N) is 3. The molecule has 0 unspecified atom stereocenters. The van der Waals surface area contributed by atoms with Gasteiger partial charge in [-0.15, -0.1) is 0 Å². The number of nitrogens with one attached hydrogen (secondary N) is 2. The molecule has 0 spiro atoms. The first kappa shape index (κ1) is 18.4. The van der Waals surface area contributed by atoms with Gasteiger partial charge in [0.15, 0.2) is 0 Å². The summed E-state index contributed by atoms with van der Waals surface area (Å²) in [7, 11) is 0. The van der Waals surface area contributed by atoms with Crippen LogP contribution in [0.15, 0.2) is 54.9 Å². The van der Waals surface area contributed by atoms with Crippen molar-refractivity contribution in [2.75, 3.05) is 26.2 Å². The molecule has 1 aliphatic heterocycles. The van der Waals surface area contributed by atoms with Gasteiger partial charge in [-0.05, 0) is 55.1 Å². The number of likely N-dealkylation sites (tertiary alicyclic amines) is 1. The standard InChI is InChI=1S/C22H25N5O/c1-16-4-2-3-5-19(16)18-8-12-27(15-18)13-11-24-22(28)21-14-20(25-26-21)17-6-9-23-10-7-17/h2-7,9-10,14,18H,8,11-13,15H2,1H3,(H,24,28)(H,25,26)/t18-/m0/s1. The first-order chi connectivity index (χ1) is 13.7. The van der Waals surface area contributed by atoms with E-state index in [9.17, 15) is 4.79 Å². The molecular weight excluding hydrogens is 350 g/mol. The fraction of sp³-hybridized carbons (Fsp3) is 0.318. The number of aryl methyl sites for hydroxylation is 1. The summed E-state index contributed by atoms with van der Waals surface area (Å²) >= 11 is 0. The number of aromatic amines is 1. The van der Waals surface area contributed by atoms with E-state index in [1.165, 1.54) is 17.5 Å². The number of rotatable bonds is 6. The lowest BCUT2D eigenvalue weighted by Gasteiger charge is -2.17. The van der Waals surface area contributed by atoms with Crippen LogP contribution in [0.4, 0.5) is 0 Å². The Kier molecular flexibility index (Phi) is 5.48. The van der Waals surface area contributed by atoms with E-state index in [2.05, 4.69) is 56.6 Å². The summed E-state index contributed by atoms with van der Waals surface area (Å²) in [5.41, 5.74) is 4.98. The van der Waals surface area contributed by atoms with Gasteiger partial charge in [0, 0.05) is 37.6 Å². The first-order valence-electron chi connectivity index (χ1n) is 9.72. The Morgan fingerprint density at radius 3 is 2.89 bits per heavy atom. The molecule has 1 fully saturated rings. The van der Waals surface area contributed by atoms with E-state index >= 15 is 0 Å². The van der Waals surface area contributed by atoms with Crippen molar-refractivity contribution in [2.24, 2.45) is 0 Å². The molecule has 2 N–H and O–H groups in total. The molecule has 1 aliphatic rings. The second-order valence-corrected chi connectivity index (χ2v) is 7.30. The van der Waals surface area contributed by atoms with Gasteiger partial charge in [0.25, 0.3) is 5.91 Å². The van der Waals surface area contributed by atoms with Crippen LogP contribution in [0.1, 0.15) is 34.0 Å². The maximum absolute atomic E-state index is 12.4. The topological polar surface area (TPSA) is 73.9 Å². The fourth-order valence-corrected chi connectivity index (χ4v) is 3.87. The molecule has 3 aromatic rings. The van der Waals surface area contributed by atoms with Gasteiger partial charge in [0.2, 0.25) is 0 Å². The SMILES string of the molecule is Cc1ccccc1[C@H]1CCN(CCNC(=O)c2cc(-c3ccncc3)n[nH]2)C1. The second-order valence-electron chi connectivity index (χ2n) is 7.30. The summed E-state index contributed by atoms with van der Waals surface area (Å²) in [5, 5.41) is 10.0. The van der Waals surface area contributed by atoms with Crippen molar-refractivity contribution in [2.45, 2.75) is 19.3 Å². The molecule has 1 atom stereocenters. The van der Waals surface area contributed by atoms with Gasteiger partial charge >= 0.3 is 0 Å². The Hall–Kier alpha value is -2.99. The van der Waals surface area contributed by atoms with E-state index in [1.54, 1.807) is 18.5 Å². The molecule has 1 aromatic carbocycles. The van der Waals surface area contributed by atoms with Crippen LogP contribution in [-0.2, 0) is 0 Å². The molecule has 0 saturated carbocycles. The Bertz CT molecular complexity index is 937. The van der Waals surface area contributed by atoms with Gasteiger partial charge in [0.1, 0.15) is 5.69 Å². The first-order valence-corrected chi connectivity index (χ1v) is 9.72. The summed E-state index contributed by atoms with van der Waals surface area (Å²) in [4.78, 5) is 18.8. The van der Waals surface area contributed by atoms with Crippen LogP contribution in [0, 0.1) is 6.92 Å². The van der Waals surface area contributed by atoms with Crippen LogP contribution < -0.4 is 5.32 Å². The zero-order valence-corrected chi connectivity index (χ0v) is 16.1. The maximum atomic E-state index is 12.4. The third-order valence-electron chi connectivity index (χ3n) is 5.41. The molecule has 0 radical (unpaired) electrons. The van der Waals surface area contributed by atoms with Crippen LogP contribution in [-0.4, -0.2) is 52.2 Å². The number of carbonyl (C=O) groups excluding carboxylic acids is 1. The minimum Gasteiger partial charge on any atom is -0.349 e. The number of carbonyl (C=O) groups is 1. The average Bonchev–Trinajstić information content (AvgIpc) is 3.39. The van der Waals surface area contributed by atoms with E-state index in [0.717, 1.165) is 30.9 Å².